The Hall–Kier alpha value is -0.950. The zero-order valence-electron chi connectivity index (χ0n) is 10.9. The van der Waals surface area contributed by atoms with Crippen molar-refractivity contribution >= 4 is 10.0 Å². The predicted octanol–water partition coefficient (Wildman–Crippen LogP) is 0.729. The van der Waals surface area contributed by atoms with Gasteiger partial charge in [-0.2, -0.15) is 4.31 Å². The van der Waals surface area contributed by atoms with Crippen molar-refractivity contribution in [3.05, 3.63) is 35.4 Å². The highest BCUT2D eigenvalue weighted by Crippen LogP contribution is 2.19. The van der Waals surface area contributed by atoms with Gasteiger partial charge in [0.2, 0.25) is 10.0 Å². The number of hydrogen-bond donors (Lipinski definition) is 1. The summed E-state index contributed by atoms with van der Waals surface area (Å²) in [6.07, 6.45) is 0.755. The van der Waals surface area contributed by atoms with Gasteiger partial charge in [-0.1, -0.05) is 24.3 Å². The lowest BCUT2D eigenvalue weighted by molar-refractivity contribution is 0.115. The molecular formula is C13H19NO4S. The third-order valence-electron chi connectivity index (χ3n) is 3.39. The zero-order chi connectivity index (χ0) is 13.9. The van der Waals surface area contributed by atoms with Gasteiger partial charge in [0.1, 0.15) is 0 Å². The topological polar surface area (TPSA) is 66.8 Å². The van der Waals surface area contributed by atoms with E-state index in [2.05, 4.69) is 0 Å². The van der Waals surface area contributed by atoms with Crippen LogP contribution in [0.4, 0.5) is 0 Å². The molecule has 0 bridgehead atoms. The van der Waals surface area contributed by atoms with Gasteiger partial charge in [0.15, 0.2) is 0 Å². The average molecular weight is 285 g/mol. The van der Waals surface area contributed by atoms with Gasteiger partial charge in [0.05, 0.1) is 18.5 Å². The normalized spacial score (nSPS) is 20.8. The van der Waals surface area contributed by atoms with Crippen LogP contribution in [0.2, 0.25) is 0 Å². The number of aliphatic hydroxyl groups excluding tert-OH is 1. The number of hydrogen-bond acceptors (Lipinski definition) is 4. The van der Waals surface area contributed by atoms with Crippen LogP contribution in [0, 0.1) is 0 Å². The molecule has 0 spiro atoms. The zero-order valence-corrected chi connectivity index (χ0v) is 11.8. The summed E-state index contributed by atoms with van der Waals surface area (Å²) < 4.78 is 31.1. The molecule has 1 aliphatic heterocycles. The van der Waals surface area contributed by atoms with E-state index in [4.69, 9.17) is 9.84 Å². The van der Waals surface area contributed by atoms with Gasteiger partial charge >= 0.3 is 0 Å². The minimum absolute atomic E-state index is 0.00482. The lowest BCUT2D eigenvalue weighted by Gasteiger charge is -2.16. The van der Waals surface area contributed by atoms with Gasteiger partial charge in [-0.25, -0.2) is 8.42 Å². The molecule has 1 unspecified atom stereocenters. The summed E-state index contributed by atoms with van der Waals surface area (Å²) in [5.41, 5.74) is 1.51. The molecule has 6 heteroatoms. The summed E-state index contributed by atoms with van der Waals surface area (Å²) in [7, 11) is -1.68. The number of ether oxygens (including phenoxy) is 1. The van der Waals surface area contributed by atoms with E-state index in [-0.39, 0.29) is 18.5 Å². The average Bonchev–Trinajstić information content (AvgIpc) is 2.89. The van der Waals surface area contributed by atoms with Crippen molar-refractivity contribution in [3.8, 4) is 0 Å². The highest BCUT2D eigenvalue weighted by Gasteiger charge is 2.31. The first-order valence-corrected chi connectivity index (χ1v) is 7.85. The molecule has 1 saturated heterocycles. The fraction of sp³-hybridized carbons (Fsp3) is 0.538. The van der Waals surface area contributed by atoms with Gasteiger partial charge in [0.25, 0.3) is 0 Å². The number of aliphatic hydroxyl groups is 1. The van der Waals surface area contributed by atoms with Crippen LogP contribution in [0.1, 0.15) is 17.5 Å². The molecule has 0 aromatic heterocycles. The Bertz CT molecular complexity index is 512. The molecular weight excluding hydrogens is 266 g/mol. The Kier molecular flexibility index (Phi) is 4.57. The molecule has 1 atom stereocenters. The molecule has 0 radical (unpaired) electrons. The van der Waals surface area contributed by atoms with E-state index in [0.29, 0.717) is 13.1 Å². The van der Waals surface area contributed by atoms with Gasteiger partial charge in [-0.05, 0) is 17.5 Å². The van der Waals surface area contributed by atoms with Crippen molar-refractivity contribution in [1.29, 1.82) is 0 Å². The van der Waals surface area contributed by atoms with Crippen LogP contribution < -0.4 is 0 Å². The lowest BCUT2D eigenvalue weighted by atomic mass is 10.2. The third kappa shape index (κ3) is 3.54. The van der Waals surface area contributed by atoms with Crippen LogP contribution in [-0.4, -0.2) is 44.1 Å². The van der Waals surface area contributed by atoms with Crippen molar-refractivity contribution in [2.75, 3.05) is 20.2 Å². The van der Waals surface area contributed by atoms with Crippen molar-refractivity contribution in [2.45, 2.75) is 24.9 Å². The standard InChI is InChI=1S/C13H19NO4S/c1-18-13-6-7-14(8-13)19(16,17)10-12-4-2-11(9-15)3-5-12/h2-5,13,15H,6-10H2,1H3. The second-order valence-corrected chi connectivity index (χ2v) is 6.70. The molecule has 1 aromatic carbocycles. The van der Waals surface area contributed by atoms with Gasteiger partial charge in [-0.3, -0.25) is 0 Å². The molecule has 2 rings (SSSR count). The van der Waals surface area contributed by atoms with Crippen LogP contribution in [0.5, 0.6) is 0 Å². The van der Waals surface area contributed by atoms with E-state index in [1.165, 1.54) is 4.31 Å². The quantitative estimate of drug-likeness (QED) is 0.866. The molecule has 0 amide bonds. The third-order valence-corrected chi connectivity index (χ3v) is 5.21. The maximum absolute atomic E-state index is 12.2. The summed E-state index contributed by atoms with van der Waals surface area (Å²) in [5.74, 6) is -0.00482. The molecule has 5 nitrogen and oxygen atoms in total. The molecule has 0 aliphatic carbocycles. The lowest BCUT2D eigenvalue weighted by Crippen LogP contribution is -2.31. The van der Waals surface area contributed by atoms with E-state index in [9.17, 15) is 8.42 Å². The number of benzene rings is 1. The second-order valence-electron chi connectivity index (χ2n) is 4.74. The summed E-state index contributed by atoms with van der Waals surface area (Å²) in [6.45, 7) is 0.928. The smallest absolute Gasteiger partial charge is 0.218 e. The van der Waals surface area contributed by atoms with E-state index < -0.39 is 10.0 Å². The molecule has 1 aliphatic rings. The molecule has 106 valence electrons. The Labute approximate surface area is 113 Å². The maximum Gasteiger partial charge on any atom is 0.218 e. The first kappa shape index (κ1) is 14.5. The van der Waals surface area contributed by atoms with Crippen molar-refractivity contribution in [1.82, 2.24) is 4.31 Å². The number of rotatable bonds is 5. The fourth-order valence-electron chi connectivity index (χ4n) is 2.19. The summed E-state index contributed by atoms with van der Waals surface area (Å²) in [4.78, 5) is 0. The van der Waals surface area contributed by atoms with Crippen LogP contribution >= 0.6 is 0 Å². The van der Waals surface area contributed by atoms with E-state index in [0.717, 1.165) is 17.5 Å². The van der Waals surface area contributed by atoms with E-state index >= 15 is 0 Å². The van der Waals surface area contributed by atoms with Crippen molar-refractivity contribution in [2.24, 2.45) is 0 Å². The summed E-state index contributed by atoms with van der Waals surface area (Å²) in [6, 6.07) is 6.97. The Morgan fingerprint density at radius 2 is 1.95 bits per heavy atom. The highest BCUT2D eigenvalue weighted by molar-refractivity contribution is 7.88. The molecule has 19 heavy (non-hydrogen) atoms. The molecule has 0 saturated carbocycles. The Morgan fingerprint density at radius 3 is 2.47 bits per heavy atom. The molecule has 1 heterocycles. The number of methoxy groups -OCH3 is 1. The second kappa shape index (κ2) is 6.00. The fourth-order valence-corrected chi connectivity index (χ4v) is 3.76. The Balaban J connectivity index is 2.04. The monoisotopic (exact) mass is 285 g/mol. The molecule has 1 N–H and O–H groups in total. The van der Waals surface area contributed by atoms with Crippen LogP contribution in [0.3, 0.4) is 0 Å². The minimum Gasteiger partial charge on any atom is -0.392 e. The van der Waals surface area contributed by atoms with E-state index in [1.807, 2.05) is 0 Å². The Morgan fingerprint density at radius 1 is 1.32 bits per heavy atom. The number of nitrogens with zero attached hydrogens (tertiary/aromatic N) is 1. The number of sulfonamides is 1. The minimum atomic E-state index is -3.28. The van der Waals surface area contributed by atoms with Gasteiger partial charge in [-0.15, -0.1) is 0 Å². The first-order valence-electron chi connectivity index (χ1n) is 6.24. The summed E-state index contributed by atoms with van der Waals surface area (Å²) >= 11 is 0. The predicted molar refractivity (Wildman–Crippen MR) is 72.0 cm³/mol. The maximum atomic E-state index is 12.2. The van der Waals surface area contributed by atoms with Crippen LogP contribution in [0.25, 0.3) is 0 Å². The largest absolute Gasteiger partial charge is 0.392 e. The van der Waals surface area contributed by atoms with Gasteiger partial charge in [0, 0.05) is 20.2 Å². The van der Waals surface area contributed by atoms with Crippen LogP contribution in [-0.2, 0) is 27.1 Å². The molecule has 1 aromatic rings. The van der Waals surface area contributed by atoms with Crippen molar-refractivity contribution < 1.29 is 18.3 Å². The highest BCUT2D eigenvalue weighted by atomic mass is 32.2. The van der Waals surface area contributed by atoms with Crippen LogP contribution in [0.15, 0.2) is 24.3 Å². The molecule has 1 fully saturated rings. The summed E-state index contributed by atoms with van der Waals surface area (Å²) in [5, 5.41) is 8.95. The van der Waals surface area contributed by atoms with E-state index in [1.54, 1.807) is 31.4 Å². The van der Waals surface area contributed by atoms with Gasteiger partial charge < -0.3 is 9.84 Å². The SMILES string of the molecule is COC1CCN(S(=O)(=O)Cc2ccc(CO)cc2)C1. The van der Waals surface area contributed by atoms with Crippen molar-refractivity contribution in [3.63, 3.8) is 0 Å². The first-order chi connectivity index (χ1) is 9.05.